The van der Waals surface area contributed by atoms with Gasteiger partial charge in [0.05, 0.1) is 24.9 Å². The summed E-state index contributed by atoms with van der Waals surface area (Å²) < 4.78 is 4.58. The van der Waals surface area contributed by atoms with E-state index in [0.717, 1.165) is 5.69 Å². The van der Waals surface area contributed by atoms with Crippen LogP contribution < -0.4 is 4.90 Å². The van der Waals surface area contributed by atoms with Crippen molar-refractivity contribution in [2.45, 2.75) is 12.8 Å². The molecule has 102 valence electrons. The van der Waals surface area contributed by atoms with Crippen LogP contribution in [0.15, 0.2) is 18.3 Å². The van der Waals surface area contributed by atoms with E-state index < -0.39 is 11.9 Å². The molecule has 1 aliphatic heterocycles. The van der Waals surface area contributed by atoms with Crippen molar-refractivity contribution in [2.75, 3.05) is 25.1 Å². The minimum Gasteiger partial charge on any atom is -0.481 e. The molecule has 2 rings (SSSR count). The van der Waals surface area contributed by atoms with Gasteiger partial charge in [-0.25, -0.2) is 9.78 Å². The fourth-order valence-corrected chi connectivity index (χ4v) is 2.18. The van der Waals surface area contributed by atoms with Crippen molar-refractivity contribution in [1.29, 1.82) is 0 Å². The van der Waals surface area contributed by atoms with Crippen LogP contribution in [0.4, 0.5) is 5.69 Å². The summed E-state index contributed by atoms with van der Waals surface area (Å²) in [5.41, 5.74) is 1.17. The molecule has 0 spiro atoms. The maximum absolute atomic E-state index is 11.3. The van der Waals surface area contributed by atoms with Gasteiger partial charge in [-0.1, -0.05) is 0 Å². The van der Waals surface area contributed by atoms with Gasteiger partial charge >= 0.3 is 11.9 Å². The van der Waals surface area contributed by atoms with Crippen molar-refractivity contribution >= 4 is 17.6 Å². The Labute approximate surface area is 111 Å². The minimum atomic E-state index is -0.723. The number of ether oxygens (including phenoxy) is 1. The van der Waals surface area contributed by atoms with Gasteiger partial charge < -0.3 is 14.7 Å². The van der Waals surface area contributed by atoms with Gasteiger partial charge in [-0.3, -0.25) is 4.79 Å². The smallest absolute Gasteiger partial charge is 0.356 e. The molecule has 2 heterocycles. The Kier molecular flexibility index (Phi) is 3.99. The van der Waals surface area contributed by atoms with Gasteiger partial charge in [0.25, 0.3) is 0 Å². The van der Waals surface area contributed by atoms with Gasteiger partial charge in [0, 0.05) is 13.1 Å². The molecule has 1 N–H and O–H groups in total. The second kappa shape index (κ2) is 5.69. The number of carbonyl (C=O) groups excluding carboxylic acids is 1. The van der Waals surface area contributed by atoms with E-state index in [4.69, 9.17) is 5.11 Å². The highest BCUT2D eigenvalue weighted by Crippen LogP contribution is 2.23. The molecule has 0 amide bonds. The Balaban J connectivity index is 2.00. The summed E-state index contributed by atoms with van der Waals surface area (Å²) in [5, 5.41) is 8.94. The molecule has 0 aromatic carbocycles. The number of hydrogen-bond donors (Lipinski definition) is 1. The third kappa shape index (κ3) is 3.01. The van der Waals surface area contributed by atoms with E-state index in [0.29, 0.717) is 25.9 Å². The number of aromatic nitrogens is 1. The summed E-state index contributed by atoms with van der Waals surface area (Å²) in [4.78, 5) is 28.2. The number of pyridine rings is 1. The number of esters is 1. The van der Waals surface area contributed by atoms with Crippen molar-refractivity contribution in [3.8, 4) is 0 Å². The van der Waals surface area contributed by atoms with Crippen LogP contribution in [-0.2, 0) is 9.53 Å². The van der Waals surface area contributed by atoms with Crippen molar-refractivity contribution in [3.63, 3.8) is 0 Å². The summed E-state index contributed by atoms with van der Waals surface area (Å²) in [6, 6.07) is 3.42. The van der Waals surface area contributed by atoms with Gasteiger partial charge in [-0.05, 0) is 25.0 Å². The number of nitrogens with zero attached hydrogens (tertiary/aromatic N) is 2. The first-order valence-corrected chi connectivity index (χ1v) is 6.14. The maximum Gasteiger partial charge on any atom is 0.356 e. The van der Waals surface area contributed by atoms with E-state index in [9.17, 15) is 9.59 Å². The van der Waals surface area contributed by atoms with Gasteiger partial charge in [-0.2, -0.15) is 0 Å². The lowest BCUT2D eigenvalue weighted by Crippen LogP contribution is -2.36. The van der Waals surface area contributed by atoms with Gasteiger partial charge in [0.2, 0.25) is 0 Å². The van der Waals surface area contributed by atoms with Gasteiger partial charge in [0.1, 0.15) is 5.69 Å². The number of aliphatic carboxylic acids is 1. The summed E-state index contributed by atoms with van der Waals surface area (Å²) in [6.45, 7) is 1.38. The second-order valence-corrected chi connectivity index (χ2v) is 4.49. The Morgan fingerprint density at radius 2 is 2.05 bits per heavy atom. The van der Waals surface area contributed by atoms with Crippen molar-refractivity contribution in [1.82, 2.24) is 4.98 Å². The number of rotatable bonds is 3. The van der Waals surface area contributed by atoms with E-state index in [1.165, 1.54) is 7.11 Å². The topological polar surface area (TPSA) is 79.7 Å². The van der Waals surface area contributed by atoms with E-state index >= 15 is 0 Å². The summed E-state index contributed by atoms with van der Waals surface area (Å²) >= 11 is 0. The molecule has 0 unspecified atom stereocenters. The largest absolute Gasteiger partial charge is 0.481 e. The summed E-state index contributed by atoms with van der Waals surface area (Å²) in [6.07, 6.45) is 2.88. The molecule has 19 heavy (non-hydrogen) atoms. The molecule has 1 aliphatic rings. The Morgan fingerprint density at radius 1 is 1.37 bits per heavy atom. The quantitative estimate of drug-likeness (QED) is 0.825. The average molecular weight is 264 g/mol. The highest BCUT2D eigenvalue weighted by molar-refractivity contribution is 5.87. The lowest BCUT2D eigenvalue weighted by atomic mass is 9.97. The van der Waals surface area contributed by atoms with Gasteiger partial charge in [0.15, 0.2) is 0 Å². The van der Waals surface area contributed by atoms with Crippen LogP contribution in [0.3, 0.4) is 0 Å². The number of hydrogen-bond acceptors (Lipinski definition) is 5. The van der Waals surface area contributed by atoms with E-state index in [2.05, 4.69) is 14.6 Å². The zero-order chi connectivity index (χ0) is 13.8. The van der Waals surface area contributed by atoms with Crippen LogP contribution in [-0.4, -0.2) is 42.2 Å². The first-order valence-electron chi connectivity index (χ1n) is 6.14. The molecule has 0 atom stereocenters. The fraction of sp³-hybridized carbons (Fsp3) is 0.462. The van der Waals surface area contributed by atoms with Crippen LogP contribution in [0.2, 0.25) is 0 Å². The third-order valence-electron chi connectivity index (χ3n) is 3.35. The molecule has 0 saturated carbocycles. The van der Waals surface area contributed by atoms with Crippen LogP contribution >= 0.6 is 0 Å². The van der Waals surface area contributed by atoms with Crippen molar-refractivity contribution < 1.29 is 19.4 Å². The lowest BCUT2D eigenvalue weighted by molar-refractivity contribution is -0.142. The SMILES string of the molecule is COC(=O)c1ccc(N2CCC(C(=O)O)CC2)cn1. The predicted molar refractivity (Wildman–Crippen MR) is 68.1 cm³/mol. The fourth-order valence-electron chi connectivity index (χ4n) is 2.18. The summed E-state index contributed by atoms with van der Waals surface area (Å²) in [7, 11) is 1.31. The molecule has 0 bridgehead atoms. The maximum atomic E-state index is 11.3. The number of carboxylic acid groups (broad SMARTS) is 1. The average Bonchev–Trinajstić information content (AvgIpc) is 2.46. The molecule has 0 radical (unpaired) electrons. The Morgan fingerprint density at radius 3 is 2.53 bits per heavy atom. The predicted octanol–water partition coefficient (Wildman–Crippen LogP) is 1.17. The number of methoxy groups -OCH3 is 1. The highest BCUT2D eigenvalue weighted by Gasteiger charge is 2.24. The molecular weight excluding hydrogens is 248 g/mol. The first kappa shape index (κ1) is 13.3. The number of piperidine rings is 1. The zero-order valence-electron chi connectivity index (χ0n) is 10.7. The molecule has 1 saturated heterocycles. The number of carbonyl (C=O) groups is 2. The molecule has 1 fully saturated rings. The third-order valence-corrected chi connectivity index (χ3v) is 3.35. The minimum absolute atomic E-state index is 0.251. The van der Waals surface area contributed by atoms with Crippen molar-refractivity contribution in [2.24, 2.45) is 5.92 Å². The Bertz CT molecular complexity index is 464. The van der Waals surface area contributed by atoms with E-state index in [1.54, 1.807) is 18.3 Å². The monoisotopic (exact) mass is 264 g/mol. The summed E-state index contributed by atoms with van der Waals surface area (Å²) in [5.74, 6) is -1.44. The Hall–Kier alpha value is -2.11. The molecule has 1 aromatic heterocycles. The normalized spacial score (nSPS) is 16.2. The van der Waals surface area contributed by atoms with E-state index in [1.807, 2.05) is 0 Å². The van der Waals surface area contributed by atoms with Crippen LogP contribution in [0.1, 0.15) is 23.3 Å². The van der Waals surface area contributed by atoms with E-state index in [-0.39, 0.29) is 11.6 Å². The van der Waals surface area contributed by atoms with Crippen LogP contribution in [0.25, 0.3) is 0 Å². The molecule has 1 aromatic rings. The molecule has 0 aliphatic carbocycles. The van der Waals surface area contributed by atoms with Crippen LogP contribution in [0, 0.1) is 5.92 Å². The molecule has 6 heteroatoms. The molecule has 6 nitrogen and oxygen atoms in total. The number of anilines is 1. The first-order chi connectivity index (χ1) is 9.11. The van der Waals surface area contributed by atoms with Crippen molar-refractivity contribution in [3.05, 3.63) is 24.0 Å². The molecular formula is C13H16N2O4. The lowest BCUT2D eigenvalue weighted by Gasteiger charge is -2.31. The standard InChI is InChI=1S/C13H16N2O4/c1-19-13(18)11-3-2-10(8-14-11)15-6-4-9(5-7-15)12(16)17/h2-3,8-9H,4-7H2,1H3,(H,16,17). The zero-order valence-corrected chi connectivity index (χ0v) is 10.7. The van der Waals surface area contributed by atoms with Gasteiger partial charge in [-0.15, -0.1) is 0 Å². The highest BCUT2D eigenvalue weighted by atomic mass is 16.5. The van der Waals surface area contributed by atoms with Crippen LogP contribution in [0.5, 0.6) is 0 Å². The number of carboxylic acids is 1. The second-order valence-electron chi connectivity index (χ2n) is 4.49.